The smallest absolute Gasteiger partial charge is 0.357 e. The van der Waals surface area contributed by atoms with Gasteiger partial charge in [0.05, 0.1) is 0 Å². The zero-order valence-electron chi connectivity index (χ0n) is 12.6. The first-order chi connectivity index (χ1) is 9.29. The molecule has 4 heteroatoms. The van der Waals surface area contributed by atoms with Gasteiger partial charge in [0.2, 0.25) is 0 Å². The molecule has 1 aromatic heterocycles. The molecular weight excluding hydrogens is 252 g/mol. The molecule has 1 heterocycles. The minimum absolute atomic E-state index is 0.348. The normalized spacial score (nSPS) is 11.4. The summed E-state index contributed by atoms with van der Waals surface area (Å²) in [6.07, 6.45) is 0. The Morgan fingerprint density at radius 2 is 1.80 bits per heavy atom. The highest BCUT2D eigenvalue weighted by atomic mass is 16.6. The summed E-state index contributed by atoms with van der Waals surface area (Å²) in [6, 6.07) is 9.67. The molecular formula is C16H20N2O2. The highest BCUT2D eigenvalue weighted by molar-refractivity contribution is 5.95. The number of aromatic nitrogens is 2. The van der Waals surface area contributed by atoms with Gasteiger partial charge >= 0.3 is 5.97 Å². The lowest BCUT2D eigenvalue weighted by Crippen LogP contribution is -2.25. The summed E-state index contributed by atoms with van der Waals surface area (Å²) in [6.45, 7) is 7.45. The second kappa shape index (κ2) is 5.12. The number of benzene rings is 1. The third-order valence-electron chi connectivity index (χ3n) is 2.96. The number of hydrogen-bond acceptors (Lipinski definition) is 3. The van der Waals surface area contributed by atoms with Gasteiger partial charge in [0.15, 0.2) is 5.69 Å². The van der Waals surface area contributed by atoms with Gasteiger partial charge in [-0.1, -0.05) is 30.3 Å². The fourth-order valence-electron chi connectivity index (χ4n) is 1.97. The van der Waals surface area contributed by atoms with E-state index in [2.05, 4.69) is 4.98 Å². The predicted molar refractivity (Wildman–Crippen MR) is 78.5 cm³/mol. The zero-order chi connectivity index (χ0) is 14.9. The van der Waals surface area contributed by atoms with Gasteiger partial charge in [-0.25, -0.2) is 9.78 Å². The molecule has 0 saturated heterocycles. The van der Waals surface area contributed by atoms with Crippen LogP contribution in [0.5, 0.6) is 0 Å². The van der Waals surface area contributed by atoms with Crippen molar-refractivity contribution in [2.45, 2.75) is 33.3 Å². The zero-order valence-corrected chi connectivity index (χ0v) is 12.6. The summed E-state index contributed by atoms with van der Waals surface area (Å²) in [4.78, 5) is 16.9. The van der Waals surface area contributed by atoms with Crippen LogP contribution < -0.4 is 0 Å². The van der Waals surface area contributed by atoms with Crippen LogP contribution in [0, 0.1) is 6.92 Å². The van der Waals surface area contributed by atoms with Gasteiger partial charge in [-0.15, -0.1) is 0 Å². The average Bonchev–Trinajstić information content (AvgIpc) is 2.65. The highest BCUT2D eigenvalue weighted by Crippen LogP contribution is 2.25. The number of imidazole rings is 1. The van der Waals surface area contributed by atoms with Crippen LogP contribution in [0.3, 0.4) is 0 Å². The Hall–Kier alpha value is -2.10. The van der Waals surface area contributed by atoms with Gasteiger partial charge in [-0.3, -0.25) is 0 Å². The van der Waals surface area contributed by atoms with E-state index in [0.717, 1.165) is 11.4 Å². The van der Waals surface area contributed by atoms with Crippen molar-refractivity contribution in [2.24, 2.45) is 7.05 Å². The van der Waals surface area contributed by atoms with Crippen molar-refractivity contribution in [3.05, 3.63) is 41.9 Å². The number of hydrogen-bond donors (Lipinski definition) is 0. The number of carbonyl (C=O) groups excluding carboxylic acids is 1. The van der Waals surface area contributed by atoms with Gasteiger partial charge in [0.1, 0.15) is 17.1 Å². The quantitative estimate of drug-likeness (QED) is 0.787. The molecule has 0 aliphatic rings. The monoisotopic (exact) mass is 272 g/mol. The fourth-order valence-corrected chi connectivity index (χ4v) is 1.97. The molecule has 0 aliphatic carbocycles. The average molecular weight is 272 g/mol. The molecule has 2 rings (SSSR count). The molecule has 1 aromatic carbocycles. The van der Waals surface area contributed by atoms with Crippen molar-refractivity contribution >= 4 is 5.97 Å². The van der Waals surface area contributed by atoms with E-state index in [1.807, 2.05) is 65.1 Å². The van der Waals surface area contributed by atoms with Gasteiger partial charge in [-0.2, -0.15) is 0 Å². The molecule has 106 valence electrons. The maximum Gasteiger partial charge on any atom is 0.357 e. The van der Waals surface area contributed by atoms with Gasteiger partial charge in [0.25, 0.3) is 0 Å². The van der Waals surface area contributed by atoms with E-state index in [4.69, 9.17) is 4.74 Å². The Morgan fingerprint density at radius 1 is 1.20 bits per heavy atom. The van der Waals surface area contributed by atoms with E-state index >= 15 is 0 Å². The molecule has 0 bridgehead atoms. The molecule has 0 N–H and O–H groups in total. The third kappa shape index (κ3) is 2.90. The van der Waals surface area contributed by atoms with Crippen molar-refractivity contribution in [3.63, 3.8) is 0 Å². The Bertz CT molecular complexity index is 622. The second-order valence-corrected chi connectivity index (χ2v) is 5.78. The first kappa shape index (κ1) is 14.3. The Balaban J connectivity index is 2.50. The minimum atomic E-state index is -0.525. The largest absolute Gasteiger partial charge is 0.455 e. The molecule has 0 unspecified atom stereocenters. The van der Waals surface area contributed by atoms with Crippen LogP contribution in [0.4, 0.5) is 0 Å². The van der Waals surface area contributed by atoms with Crippen LogP contribution >= 0.6 is 0 Å². The van der Waals surface area contributed by atoms with Crippen molar-refractivity contribution < 1.29 is 9.53 Å². The molecule has 0 amide bonds. The topological polar surface area (TPSA) is 44.1 Å². The van der Waals surface area contributed by atoms with Crippen molar-refractivity contribution in [3.8, 4) is 11.3 Å². The summed E-state index contributed by atoms with van der Waals surface area (Å²) < 4.78 is 7.25. The Labute approximate surface area is 119 Å². The van der Waals surface area contributed by atoms with E-state index in [1.165, 1.54) is 0 Å². The van der Waals surface area contributed by atoms with Crippen LogP contribution in [0.2, 0.25) is 0 Å². The van der Waals surface area contributed by atoms with Crippen LogP contribution in [0.25, 0.3) is 11.3 Å². The van der Waals surface area contributed by atoms with Crippen LogP contribution in [0.15, 0.2) is 30.3 Å². The summed E-state index contributed by atoms with van der Waals surface area (Å²) in [5.74, 6) is 0.434. The Kier molecular flexibility index (Phi) is 3.66. The fraction of sp³-hybridized carbons (Fsp3) is 0.375. The summed E-state index contributed by atoms with van der Waals surface area (Å²) >= 11 is 0. The molecule has 2 aromatic rings. The predicted octanol–water partition coefficient (Wildman–Crippen LogP) is 3.35. The van der Waals surface area contributed by atoms with Gasteiger partial charge in [-0.05, 0) is 27.7 Å². The molecule has 0 aliphatic heterocycles. The molecule has 0 fully saturated rings. The molecule has 0 radical (unpaired) electrons. The van der Waals surface area contributed by atoms with E-state index in [1.54, 1.807) is 4.57 Å². The van der Waals surface area contributed by atoms with Gasteiger partial charge < -0.3 is 9.30 Å². The van der Waals surface area contributed by atoms with E-state index in [0.29, 0.717) is 11.4 Å². The van der Waals surface area contributed by atoms with Crippen molar-refractivity contribution in [1.82, 2.24) is 9.55 Å². The molecule has 0 atom stereocenters. The van der Waals surface area contributed by atoms with Gasteiger partial charge in [0, 0.05) is 12.6 Å². The lowest BCUT2D eigenvalue weighted by atomic mass is 10.1. The Morgan fingerprint density at radius 3 is 2.35 bits per heavy atom. The number of aryl methyl sites for hydroxylation is 1. The van der Waals surface area contributed by atoms with Crippen molar-refractivity contribution in [1.29, 1.82) is 0 Å². The summed E-state index contributed by atoms with van der Waals surface area (Å²) in [7, 11) is 1.83. The van der Waals surface area contributed by atoms with Crippen LogP contribution in [0.1, 0.15) is 37.1 Å². The van der Waals surface area contributed by atoms with E-state index in [-0.39, 0.29) is 5.97 Å². The number of nitrogens with zero attached hydrogens (tertiary/aromatic N) is 2. The maximum atomic E-state index is 12.4. The second-order valence-electron chi connectivity index (χ2n) is 5.78. The first-order valence-corrected chi connectivity index (χ1v) is 6.61. The highest BCUT2D eigenvalue weighted by Gasteiger charge is 2.25. The lowest BCUT2D eigenvalue weighted by molar-refractivity contribution is 0.00597. The third-order valence-corrected chi connectivity index (χ3v) is 2.96. The maximum absolute atomic E-state index is 12.4. The molecule has 0 saturated carbocycles. The van der Waals surface area contributed by atoms with E-state index in [9.17, 15) is 4.79 Å². The number of rotatable bonds is 2. The number of ether oxygens (including phenoxy) is 1. The number of carbonyl (C=O) groups is 1. The molecule has 4 nitrogen and oxygen atoms in total. The van der Waals surface area contributed by atoms with E-state index < -0.39 is 5.60 Å². The molecule has 0 spiro atoms. The lowest BCUT2D eigenvalue weighted by Gasteiger charge is -2.20. The van der Waals surface area contributed by atoms with Crippen LogP contribution in [-0.2, 0) is 11.8 Å². The van der Waals surface area contributed by atoms with Crippen LogP contribution in [-0.4, -0.2) is 21.1 Å². The molecule has 20 heavy (non-hydrogen) atoms. The number of esters is 1. The summed E-state index contributed by atoms with van der Waals surface area (Å²) in [5.41, 5.74) is 1.55. The minimum Gasteiger partial charge on any atom is -0.455 e. The SMILES string of the molecule is Cc1nc(-c2ccccc2)c(C(=O)OC(C)(C)C)n1C. The summed E-state index contributed by atoms with van der Waals surface area (Å²) in [5, 5.41) is 0. The van der Waals surface area contributed by atoms with Crippen molar-refractivity contribution in [2.75, 3.05) is 0 Å². The first-order valence-electron chi connectivity index (χ1n) is 6.61. The standard InChI is InChI=1S/C16H20N2O2/c1-11-17-13(12-9-7-6-8-10-12)14(18(11)5)15(19)20-16(2,3)4/h6-10H,1-5H3.